The molecule has 1 aromatic rings. The van der Waals surface area contributed by atoms with Gasteiger partial charge < -0.3 is 20.1 Å². The van der Waals surface area contributed by atoms with Crippen LogP contribution in [0.25, 0.3) is 0 Å². The number of hydrogen-bond acceptors (Lipinski definition) is 4. The lowest BCUT2D eigenvalue weighted by Gasteiger charge is -2.19. The third-order valence-corrected chi connectivity index (χ3v) is 4.15. The second-order valence-corrected chi connectivity index (χ2v) is 6.09. The predicted molar refractivity (Wildman–Crippen MR) is 103 cm³/mol. The first-order valence-corrected chi connectivity index (χ1v) is 8.78. The Balaban J connectivity index is 1.93. The lowest BCUT2D eigenvalue weighted by Crippen LogP contribution is -2.44. The van der Waals surface area contributed by atoms with Gasteiger partial charge in [-0.15, -0.1) is 6.58 Å². The third kappa shape index (κ3) is 5.98. The van der Waals surface area contributed by atoms with Crippen LogP contribution >= 0.6 is 0 Å². The summed E-state index contributed by atoms with van der Waals surface area (Å²) in [4.78, 5) is 6.91. The molecule has 25 heavy (non-hydrogen) atoms. The Morgan fingerprint density at radius 1 is 1.32 bits per heavy atom. The van der Waals surface area contributed by atoms with Gasteiger partial charge in [0.2, 0.25) is 0 Å². The fourth-order valence-corrected chi connectivity index (χ4v) is 2.98. The van der Waals surface area contributed by atoms with Crippen molar-refractivity contribution in [1.29, 1.82) is 0 Å². The highest BCUT2D eigenvalue weighted by atomic mass is 16.5. The maximum Gasteiger partial charge on any atom is 0.191 e. The lowest BCUT2D eigenvalue weighted by molar-refractivity contribution is 0.321. The van der Waals surface area contributed by atoms with Crippen LogP contribution in [-0.4, -0.2) is 57.3 Å². The van der Waals surface area contributed by atoms with Crippen molar-refractivity contribution >= 4 is 5.96 Å². The number of rotatable bonds is 8. The van der Waals surface area contributed by atoms with Gasteiger partial charge in [-0.05, 0) is 31.0 Å². The molecule has 6 heteroatoms. The van der Waals surface area contributed by atoms with Crippen LogP contribution in [0.3, 0.4) is 0 Å². The summed E-state index contributed by atoms with van der Waals surface area (Å²) in [6.45, 7) is 10.2. The van der Waals surface area contributed by atoms with Crippen molar-refractivity contribution in [2.24, 2.45) is 4.99 Å². The van der Waals surface area contributed by atoms with Crippen LogP contribution in [0, 0.1) is 0 Å². The lowest BCUT2D eigenvalue weighted by atomic mass is 10.2. The van der Waals surface area contributed by atoms with E-state index < -0.39 is 0 Å². The van der Waals surface area contributed by atoms with Crippen LogP contribution in [0.2, 0.25) is 0 Å². The Bertz CT molecular complexity index is 567. The number of guanidine groups is 1. The van der Waals surface area contributed by atoms with E-state index in [4.69, 9.17) is 9.47 Å². The molecule has 0 bridgehead atoms. The summed E-state index contributed by atoms with van der Waals surface area (Å²) >= 11 is 0. The molecule has 1 aliphatic heterocycles. The molecule has 1 saturated heterocycles. The van der Waals surface area contributed by atoms with Gasteiger partial charge in [0, 0.05) is 38.3 Å². The number of ether oxygens (including phenoxy) is 2. The molecule has 1 unspecified atom stereocenters. The van der Waals surface area contributed by atoms with Crippen LogP contribution in [0.5, 0.6) is 11.5 Å². The Hall–Kier alpha value is -2.21. The van der Waals surface area contributed by atoms with E-state index in [-0.39, 0.29) is 0 Å². The van der Waals surface area contributed by atoms with E-state index in [1.54, 1.807) is 20.3 Å². The summed E-state index contributed by atoms with van der Waals surface area (Å²) in [5, 5.41) is 6.79. The summed E-state index contributed by atoms with van der Waals surface area (Å²) < 4.78 is 10.7. The molecule has 138 valence electrons. The molecular formula is C19H30N4O2. The average molecular weight is 346 g/mol. The molecular weight excluding hydrogens is 316 g/mol. The van der Waals surface area contributed by atoms with E-state index >= 15 is 0 Å². The summed E-state index contributed by atoms with van der Waals surface area (Å²) in [6.07, 6.45) is 2.90. The van der Waals surface area contributed by atoms with Crippen LogP contribution in [0.1, 0.15) is 18.9 Å². The van der Waals surface area contributed by atoms with Crippen LogP contribution in [-0.2, 0) is 6.54 Å². The fourth-order valence-electron chi connectivity index (χ4n) is 2.98. The highest BCUT2D eigenvalue weighted by Gasteiger charge is 2.23. The molecule has 0 aromatic heterocycles. The summed E-state index contributed by atoms with van der Waals surface area (Å²) in [5.74, 6) is 2.51. The molecule has 2 rings (SSSR count). The number of likely N-dealkylation sites (tertiary alicyclic amines) is 1. The zero-order chi connectivity index (χ0) is 18.1. The SMILES string of the molecule is C=CCN=C(NCC)NC1CCN(Cc2cc(OC)cc(OC)c2)C1. The highest BCUT2D eigenvalue weighted by molar-refractivity contribution is 5.80. The molecule has 6 nitrogen and oxygen atoms in total. The van der Waals surface area contributed by atoms with Gasteiger partial charge in [0.15, 0.2) is 5.96 Å². The first kappa shape index (κ1) is 19.1. The monoisotopic (exact) mass is 346 g/mol. The molecule has 0 aliphatic carbocycles. The third-order valence-electron chi connectivity index (χ3n) is 4.15. The molecule has 1 heterocycles. The molecule has 0 spiro atoms. The topological polar surface area (TPSA) is 58.1 Å². The van der Waals surface area contributed by atoms with Crippen molar-refractivity contribution in [3.8, 4) is 11.5 Å². The Kier molecular flexibility index (Phi) is 7.60. The van der Waals surface area contributed by atoms with Gasteiger partial charge >= 0.3 is 0 Å². The van der Waals surface area contributed by atoms with Crippen molar-refractivity contribution in [1.82, 2.24) is 15.5 Å². The Morgan fingerprint density at radius 2 is 2.04 bits per heavy atom. The smallest absolute Gasteiger partial charge is 0.191 e. The van der Waals surface area contributed by atoms with Gasteiger partial charge in [-0.1, -0.05) is 6.08 Å². The summed E-state index contributed by atoms with van der Waals surface area (Å²) in [5.41, 5.74) is 1.20. The zero-order valence-electron chi connectivity index (χ0n) is 15.5. The zero-order valence-corrected chi connectivity index (χ0v) is 15.5. The predicted octanol–water partition coefficient (Wildman–Crippen LogP) is 2.02. The van der Waals surface area contributed by atoms with Gasteiger partial charge in [0.1, 0.15) is 11.5 Å². The van der Waals surface area contributed by atoms with Crippen molar-refractivity contribution < 1.29 is 9.47 Å². The number of benzene rings is 1. The molecule has 0 amide bonds. The minimum atomic E-state index is 0.398. The van der Waals surface area contributed by atoms with E-state index in [1.165, 1.54) is 5.56 Å². The summed E-state index contributed by atoms with van der Waals surface area (Å²) in [7, 11) is 3.36. The largest absolute Gasteiger partial charge is 0.497 e. The molecule has 2 N–H and O–H groups in total. The number of nitrogens with zero attached hydrogens (tertiary/aromatic N) is 2. The quantitative estimate of drug-likeness (QED) is 0.428. The number of nitrogens with one attached hydrogen (secondary N) is 2. The van der Waals surface area contributed by atoms with Crippen molar-refractivity contribution in [2.75, 3.05) is 40.4 Å². The van der Waals surface area contributed by atoms with Gasteiger partial charge in [-0.2, -0.15) is 0 Å². The normalized spacial score (nSPS) is 18.0. The number of hydrogen-bond donors (Lipinski definition) is 2. The van der Waals surface area contributed by atoms with E-state index in [9.17, 15) is 0 Å². The minimum Gasteiger partial charge on any atom is -0.497 e. The van der Waals surface area contributed by atoms with Crippen molar-refractivity contribution in [3.63, 3.8) is 0 Å². The fraction of sp³-hybridized carbons (Fsp3) is 0.526. The Morgan fingerprint density at radius 3 is 2.64 bits per heavy atom. The maximum absolute atomic E-state index is 5.36. The van der Waals surface area contributed by atoms with E-state index in [0.29, 0.717) is 12.6 Å². The van der Waals surface area contributed by atoms with Gasteiger partial charge in [0.05, 0.1) is 20.8 Å². The second-order valence-electron chi connectivity index (χ2n) is 6.09. The minimum absolute atomic E-state index is 0.398. The van der Waals surface area contributed by atoms with Gasteiger partial charge in [-0.25, -0.2) is 4.99 Å². The molecule has 0 saturated carbocycles. The average Bonchev–Trinajstić information content (AvgIpc) is 3.06. The van der Waals surface area contributed by atoms with Crippen molar-refractivity contribution in [2.45, 2.75) is 25.9 Å². The van der Waals surface area contributed by atoms with Crippen LogP contribution in [0.15, 0.2) is 35.8 Å². The standard InChI is InChI=1S/C19H30N4O2/c1-5-8-21-19(20-6-2)22-16-7-9-23(14-16)13-15-10-17(24-3)12-18(11-15)25-4/h5,10-12,16H,1,6-9,13-14H2,2-4H3,(H2,20,21,22). The van der Waals surface area contributed by atoms with E-state index in [2.05, 4.69) is 46.2 Å². The van der Waals surface area contributed by atoms with Crippen molar-refractivity contribution in [3.05, 3.63) is 36.4 Å². The highest BCUT2D eigenvalue weighted by Crippen LogP contribution is 2.24. The van der Waals surface area contributed by atoms with E-state index in [1.807, 2.05) is 6.07 Å². The maximum atomic E-state index is 5.36. The molecule has 1 atom stereocenters. The number of methoxy groups -OCH3 is 2. The molecule has 1 aromatic carbocycles. The second kappa shape index (κ2) is 9.93. The van der Waals surface area contributed by atoms with Crippen LogP contribution in [0.4, 0.5) is 0 Å². The molecule has 1 aliphatic rings. The number of aliphatic imine (C=N–C) groups is 1. The van der Waals surface area contributed by atoms with E-state index in [0.717, 1.165) is 50.1 Å². The van der Waals surface area contributed by atoms with Crippen LogP contribution < -0.4 is 20.1 Å². The summed E-state index contributed by atoms with van der Waals surface area (Å²) in [6, 6.07) is 6.43. The first-order chi connectivity index (χ1) is 12.2. The van der Waals surface area contributed by atoms with Gasteiger partial charge in [-0.3, -0.25) is 4.90 Å². The first-order valence-electron chi connectivity index (χ1n) is 8.78. The van der Waals surface area contributed by atoms with Gasteiger partial charge in [0.25, 0.3) is 0 Å². The molecule has 0 radical (unpaired) electrons. The molecule has 1 fully saturated rings. The Labute approximate surface area is 150 Å².